The van der Waals surface area contributed by atoms with Crippen molar-refractivity contribution in [2.45, 2.75) is 64.5 Å². The molecule has 0 spiro atoms. The maximum Gasteiger partial charge on any atom is 0.237 e. The number of carbonyl (C=O) groups excluding carboxylic acids is 1. The fraction of sp³-hybridized carbons (Fsp3) is 0.929. The Balaban J connectivity index is 1.82. The number of piperidine rings is 1. The molecule has 1 saturated carbocycles. The topological polar surface area (TPSA) is 41.1 Å². The molecule has 2 aliphatic rings. The van der Waals surface area contributed by atoms with Gasteiger partial charge in [-0.2, -0.15) is 0 Å². The molecule has 1 aliphatic heterocycles. The van der Waals surface area contributed by atoms with Gasteiger partial charge in [0.25, 0.3) is 0 Å². The van der Waals surface area contributed by atoms with Crippen molar-refractivity contribution in [1.82, 2.24) is 10.6 Å². The fourth-order valence-corrected chi connectivity index (χ4v) is 3.21. The van der Waals surface area contributed by atoms with Crippen LogP contribution < -0.4 is 10.6 Å². The van der Waals surface area contributed by atoms with Crippen LogP contribution >= 0.6 is 0 Å². The van der Waals surface area contributed by atoms with Crippen molar-refractivity contribution in [3.8, 4) is 0 Å². The SMILES string of the molecule is CCC1CCNC(C(=O)NC2CCCC2C)C1. The molecule has 17 heavy (non-hydrogen) atoms. The van der Waals surface area contributed by atoms with Crippen molar-refractivity contribution in [1.29, 1.82) is 0 Å². The van der Waals surface area contributed by atoms with E-state index in [0.717, 1.165) is 25.3 Å². The van der Waals surface area contributed by atoms with Crippen LogP contribution in [-0.4, -0.2) is 24.5 Å². The van der Waals surface area contributed by atoms with Crippen molar-refractivity contribution in [3.05, 3.63) is 0 Å². The van der Waals surface area contributed by atoms with Gasteiger partial charge >= 0.3 is 0 Å². The summed E-state index contributed by atoms with van der Waals surface area (Å²) in [5.74, 6) is 1.62. The molecule has 2 rings (SSSR count). The Kier molecular flexibility index (Phi) is 4.43. The summed E-state index contributed by atoms with van der Waals surface area (Å²) in [4.78, 5) is 12.2. The van der Waals surface area contributed by atoms with Crippen molar-refractivity contribution in [2.24, 2.45) is 11.8 Å². The van der Waals surface area contributed by atoms with E-state index >= 15 is 0 Å². The van der Waals surface area contributed by atoms with Gasteiger partial charge in [0.1, 0.15) is 0 Å². The molecule has 0 radical (unpaired) electrons. The maximum atomic E-state index is 12.2. The largest absolute Gasteiger partial charge is 0.352 e. The van der Waals surface area contributed by atoms with E-state index in [1.54, 1.807) is 0 Å². The van der Waals surface area contributed by atoms with Crippen LogP contribution in [0.15, 0.2) is 0 Å². The lowest BCUT2D eigenvalue weighted by molar-refractivity contribution is -0.125. The number of amides is 1. The van der Waals surface area contributed by atoms with Crippen LogP contribution in [0.3, 0.4) is 0 Å². The van der Waals surface area contributed by atoms with Crippen LogP contribution in [0.1, 0.15) is 52.4 Å². The van der Waals surface area contributed by atoms with Gasteiger partial charge in [-0.25, -0.2) is 0 Å². The van der Waals surface area contributed by atoms with Crippen LogP contribution in [0, 0.1) is 11.8 Å². The molecular formula is C14H26N2O. The molecule has 0 bridgehead atoms. The van der Waals surface area contributed by atoms with Gasteiger partial charge in [-0.05, 0) is 44.1 Å². The first-order valence-corrected chi connectivity index (χ1v) is 7.24. The van der Waals surface area contributed by atoms with Crippen LogP contribution in [0.5, 0.6) is 0 Å². The van der Waals surface area contributed by atoms with E-state index < -0.39 is 0 Å². The highest BCUT2D eigenvalue weighted by atomic mass is 16.2. The highest BCUT2D eigenvalue weighted by molar-refractivity contribution is 5.82. The van der Waals surface area contributed by atoms with Gasteiger partial charge in [-0.1, -0.05) is 26.7 Å². The summed E-state index contributed by atoms with van der Waals surface area (Å²) in [6, 6.07) is 0.479. The molecule has 1 aliphatic carbocycles. The molecule has 0 aromatic carbocycles. The molecule has 4 unspecified atom stereocenters. The van der Waals surface area contributed by atoms with Gasteiger partial charge in [-0.3, -0.25) is 4.79 Å². The molecule has 2 fully saturated rings. The third-order valence-electron chi connectivity index (χ3n) is 4.60. The Labute approximate surface area is 105 Å². The van der Waals surface area contributed by atoms with Crippen LogP contribution in [0.4, 0.5) is 0 Å². The molecule has 1 saturated heterocycles. The van der Waals surface area contributed by atoms with E-state index in [4.69, 9.17) is 0 Å². The molecule has 1 amide bonds. The predicted octanol–water partition coefficient (Wildman–Crippen LogP) is 2.07. The van der Waals surface area contributed by atoms with Crippen molar-refractivity contribution in [3.63, 3.8) is 0 Å². The zero-order valence-corrected chi connectivity index (χ0v) is 11.2. The molecule has 3 nitrogen and oxygen atoms in total. The standard InChI is InChI=1S/C14H26N2O/c1-3-11-7-8-15-13(9-11)14(17)16-12-6-4-5-10(12)2/h10-13,15H,3-9H2,1-2H3,(H,16,17). The third-order valence-corrected chi connectivity index (χ3v) is 4.60. The predicted molar refractivity (Wildman–Crippen MR) is 69.8 cm³/mol. The summed E-state index contributed by atoms with van der Waals surface area (Å²) in [6.07, 6.45) is 7.13. The van der Waals surface area contributed by atoms with Gasteiger partial charge in [-0.15, -0.1) is 0 Å². The molecule has 2 N–H and O–H groups in total. The second kappa shape index (κ2) is 5.85. The summed E-state index contributed by atoms with van der Waals surface area (Å²) < 4.78 is 0. The average molecular weight is 238 g/mol. The van der Waals surface area contributed by atoms with Crippen LogP contribution in [0.25, 0.3) is 0 Å². The minimum atomic E-state index is 0.0569. The summed E-state index contributed by atoms with van der Waals surface area (Å²) in [7, 11) is 0. The highest BCUT2D eigenvalue weighted by Crippen LogP contribution is 2.25. The van der Waals surface area contributed by atoms with E-state index in [1.165, 1.54) is 25.7 Å². The minimum Gasteiger partial charge on any atom is -0.352 e. The Morgan fingerprint density at radius 1 is 1.35 bits per heavy atom. The first-order chi connectivity index (χ1) is 8.20. The minimum absolute atomic E-state index is 0.0569. The van der Waals surface area contributed by atoms with E-state index in [1.807, 2.05) is 0 Å². The fourth-order valence-electron chi connectivity index (χ4n) is 3.21. The summed E-state index contributed by atoms with van der Waals surface area (Å²) >= 11 is 0. The molecule has 4 atom stereocenters. The van der Waals surface area contributed by atoms with E-state index in [9.17, 15) is 4.79 Å². The van der Waals surface area contributed by atoms with Gasteiger partial charge in [0.2, 0.25) is 5.91 Å². The Hall–Kier alpha value is -0.570. The lowest BCUT2D eigenvalue weighted by Gasteiger charge is -2.30. The van der Waals surface area contributed by atoms with Crippen LogP contribution in [-0.2, 0) is 4.79 Å². The van der Waals surface area contributed by atoms with Gasteiger partial charge < -0.3 is 10.6 Å². The monoisotopic (exact) mass is 238 g/mol. The van der Waals surface area contributed by atoms with E-state index in [0.29, 0.717) is 12.0 Å². The molecule has 98 valence electrons. The number of hydrogen-bond donors (Lipinski definition) is 2. The first-order valence-electron chi connectivity index (χ1n) is 7.24. The average Bonchev–Trinajstić information content (AvgIpc) is 2.75. The zero-order valence-electron chi connectivity index (χ0n) is 11.2. The lowest BCUT2D eigenvalue weighted by atomic mass is 9.90. The van der Waals surface area contributed by atoms with Crippen molar-refractivity contribution in [2.75, 3.05) is 6.54 Å². The van der Waals surface area contributed by atoms with Crippen LogP contribution in [0.2, 0.25) is 0 Å². The number of hydrogen-bond acceptors (Lipinski definition) is 2. The number of rotatable bonds is 3. The highest BCUT2D eigenvalue weighted by Gasteiger charge is 2.30. The normalized spacial score (nSPS) is 38.0. The lowest BCUT2D eigenvalue weighted by Crippen LogP contribution is -2.51. The smallest absolute Gasteiger partial charge is 0.237 e. The Morgan fingerprint density at radius 3 is 2.82 bits per heavy atom. The Morgan fingerprint density at radius 2 is 2.18 bits per heavy atom. The summed E-state index contributed by atoms with van der Waals surface area (Å²) in [5, 5.41) is 6.60. The maximum absolute atomic E-state index is 12.2. The molecule has 1 heterocycles. The summed E-state index contributed by atoms with van der Waals surface area (Å²) in [5.41, 5.74) is 0. The molecule has 0 aromatic rings. The first kappa shape index (κ1) is 12.9. The van der Waals surface area contributed by atoms with Crippen molar-refractivity contribution >= 4 is 5.91 Å². The quantitative estimate of drug-likeness (QED) is 0.790. The van der Waals surface area contributed by atoms with Gasteiger partial charge in [0.15, 0.2) is 0 Å². The zero-order chi connectivity index (χ0) is 12.3. The molecular weight excluding hydrogens is 212 g/mol. The third kappa shape index (κ3) is 3.21. The molecule has 3 heteroatoms. The molecule has 0 aromatic heterocycles. The van der Waals surface area contributed by atoms with Gasteiger partial charge in [0, 0.05) is 6.04 Å². The van der Waals surface area contributed by atoms with Crippen molar-refractivity contribution < 1.29 is 4.79 Å². The van der Waals surface area contributed by atoms with E-state index in [-0.39, 0.29) is 11.9 Å². The van der Waals surface area contributed by atoms with E-state index in [2.05, 4.69) is 24.5 Å². The van der Waals surface area contributed by atoms with Gasteiger partial charge in [0.05, 0.1) is 6.04 Å². The second-order valence-electron chi connectivity index (χ2n) is 5.83. The number of nitrogens with one attached hydrogen (secondary N) is 2. The number of carbonyl (C=O) groups is 1. The summed E-state index contributed by atoms with van der Waals surface area (Å²) in [6.45, 7) is 5.47. The second-order valence-corrected chi connectivity index (χ2v) is 5.83. The Bertz CT molecular complexity index is 267.